The highest BCUT2D eigenvalue weighted by molar-refractivity contribution is 5.93. The Kier molecular flexibility index (Phi) is 3.56. The lowest BCUT2D eigenvalue weighted by atomic mass is 10.2. The Hall–Kier alpha value is -2.25. The molecule has 0 fully saturated rings. The average Bonchev–Trinajstić information content (AvgIpc) is 2.15. The average molecular weight is 245 g/mol. The number of aliphatic imine (C=N–C) groups is 2. The van der Waals surface area contributed by atoms with Gasteiger partial charge in [0.2, 0.25) is 5.96 Å². The van der Waals surface area contributed by atoms with Crippen molar-refractivity contribution in [2.45, 2.75) is 6.18 Å². The van der Waals surface area contributed by atoms with Gasteiger partial charge >= 0.3 is 6.18 Å². The molecule has 0 spiro atoms. The van der Waals surface area contributed by atoms with Crippen molar-refractivity contribution < 1.29 is 13.2 Å². The van der Waals surface area contributed by atoms with Gasteiger partial charge in [-0.2, -0.15) is 18.2 Å². The predicted molar refractivity (Wildman–Crippen MR) is 58.5 cm³/mol. The Balaban J connectivity index is 3.05. The summed E-state index contributed by atoms with van der Waals surface area (Å²) >= 11 is 0. The van der Waals surface area contributed by atoms with Crippen molar-refractivity contribution in [3.8, 4) is 0 Å². The largest absolute Gasteiger partial charge is 0.416 e. The van der Waals surface area contributed by atoms with Crippen LogP contribution < -0.4 is 17.2 Å². The first kappa shape index (κ1) is 12.8. The minimum Gasteiger partial charge on any atom is -0.370 e. The van der Waals surface area contributed by atoms with E-state index in [1.165, 1.54) is 12.1 Å². The van der Waals surface area contributed by atoms with E-state index in [2.05, 4.69) is 9.98 Å². The van der Waals surface area contributed by atoms with Crippen molar-refractivity contribution in [2.24, 2.45) is 27.2 Å². The Morgan fingerprint density at radius 3 is 2.29 bits per heavy atom. The van der Waals surface area contributed by atoms with E-state index in [4.69, 9.17) is 17.2 Å². The number of hydrogen-bond donors (Lipinski definition) is 3. The van der Waals surface area contributed by atoms with Gasteiger partial charge in [0.25, 0.3) is 0 Å². The van der Waals surface area contributed by atoms with E-state index in [0.29, 0.717) is 0 Å². The van der Waals surface area contributed by atoms with Crippen molar-refractivity contribution in [3.63, 3.8) is 0 Å². The summed E-state index contributed by atoms with van der Waals surface area (Å²) in [7, 11) is 0. The molecule has 0 unspecified atom stereocenters. The Labute approximate surface area is 94.8 Å². The maximum absolute atomic E-state index is 12.4. The molecule has 0 aromatic heterocycles. The Morgan fingerprint density at radius 2 is 1.76 bits per heavy atom. The van der Waals surface area contributed by atoms with Gasteiger partial charge in [-0.3, -0.25) is 0 Å². The molecule has 0 aliphatic heterocycles. The summed E-state index contributed by atoms with van der Waals surface area (Å²) < 4.78 is 37.1. The van der Waals surface area contributed by atoms with Gasteiger partial charge in [0.05, 0.1) is 11.3 Å². The lowest BCUT2D eigenvalue weighted by Crippen LogP contribution is -2.26. The number of hydrogen-bond acceptors (Lipinski definition) is 1. The highest BCUT2D eigenvalue weighted by Gasteiger charge is 2.30. The molecule has 0 atom stereocenters. The minimum atomic E-state index is -4.43. The minimum absolute atomic E-state index is 0.0160. The van der Waals surface area contributed by atoms with E-state index < -0.39 is 11.7 Å². The third-order valence-corrected chi connectivity index (χ3v) is 1.66. The van der Waals surface area contributed by atoms with Gasteiger partial charge < -0.3 is 17.2 Å². The summed E-state index contributed by atoms with van der Waals surface area (Å²) in [5.74, 6) is -0.637. The molecule has 0 saturated carbocycles. The topological polar surface area (TPSA) is 103 Å². The summed E-state index contributed by atoms with van der Waals surface area (Å²) in [6.07, 6.45) is -4.43. The summed E-state index contributed by atoms with van der Waals surface area (Å²) in [6.45, 7) is 0. The standard InChI is InChI=1S/C9H10F3N5/c10-9(11,12)5-2-1-3-6(4-5)16-8(15)17-7(13)14/h1-4H,(H6,13,14,15,16,17). The normalized spacial score (nSPS) is 12.3. The molecule has 0 amide bonds. The molecule has 0 aliphatic rings. The van der Waals surface area contributed by atoms with Crippen LogP contribution in [0.1, 0.15) is 5.56 Å². The second-order valence-corrected chi connectivity index (χ2v) is 3.05. The second-order valence-electron chi connectivity index (χ2n) is 3.05. The van der Waals surface area contributed by atoms with Crippen LogP contribution in [-0.2, 0) is 6.18 Å². The van der Waals surface area contributed by atoms with E-state index in [-0.39, 0.29) is 17.6 Å². The highest BCUT2D eigenvalue weighted by atomic mass is 19.4. The highest BCUT2D eigenvalue weighted by Crippen LogP contribution is 2.31. The number of nitrogens with zero attached hydrogens (tertiary/aromatic N) is 2. The summed E-state index contributed by atoms with van der Waals surface area (Å²) in [5.41, 5.74) is 14.5. The Morgan fingerprint density at radius 1 is 1.12 bits per heavy atom. The maximum Gasteiger partial charge on any atom is 0.416 e. The first-order valence-corrected chi connectivity index (χ1v) is 4.40. The molecular weight excluding hydrogens is 235 g/mol. The Bertz CT molecular complexity index is 460. The van der Waals surface area contributed by atoms with E-state index in [1.54, 1.807) is 0 Å². The quantitative estimate of drug-likeness (QED) is 0.506. The fraction of sp³-hybridized carbons (Fsp3) is 0.111. The maximum atomic E-state index is 12.4. The number of alkyl halides is 3. The summed E-state index contributed by atoms with van der Waals surface area (Å²) in [5, 5.41) is 0. The number of rotatable bonds is 1. The van der Waals surface area contributed by atoms with Crippen LogP contribution in [0.4, 0.5) is 18.9 Å². The van der Waals surface area contributed by atoms with Gasteiger partial charge in [-0.15, -0.1) is 0 Å². The van der Waals surface area contributed by atoms with Crippen LogP contribution in [0, 0.1) is 0 Å². The van der Waals surface area contributed by atoms with Gasteiger partial charge in [-0.25, -0.2) is 4.99 Å². The first-order chi connectivity index (χ1) is 7.79. The van der Waals surface area contributed by atoms with E-state index >= 15 is 0 Å². The van der Waals surface area contributed by atoms with Crippen LogP contribution in [0.15, 0.2) is 34.3 Å². The molecule has 0 bridgehead atoms. The molecule has 0 saturated heterocycles. The van der Waals surface area contributed by atoms with Crippen molar-refractivity contribution in [1.29, 1.82) is 0 Å². The van der Waals surface area contributed by atoms with Gasteiger partial charge in [0, 0.05) is 0 Å². The van der Waals surface area contributed by atoms with Crippen molar-refractivity contribution in [1.82, 2.24) is 0 Å². The molecule has 0 radical (unpaired) electrons. The lowest BCUT2D eigenvalue weighted by Gasteiger charge is -2.06. The fourth-order valence-electron chi connectivity index (χ4n) is 1.04. The molecule has 5 nitrogen and oxygen atoms in total. The van der Waals surface area contributed by atoms with Crippen LogP contribution in [0.2, 0.25) is 0 Å². The van der Waals surface area contributed by atoms with Crippen molar-refractivity contribution in [2.75, 3.05) is 0 Å². The monoisotopic (exact) mass is 245 g/mol. The van der Waals surface area contributed by atoms with Gasteiger partial charge in [0.1, 0.15) is 0 Å². The van der Waals surface area contributed by atoms with Crippen LogP contribution >= 0.6 is 0 Å². The number of guanidine groups is 2. The van der Waals surface area contributed by atoms with Crippen LogP contribution in [0.3, 0.4) is 0 Å². The smallest absolute Gasteiger partial charge is 0.370 e. The number of benzene rings is 1. The van der Waals surface area contributed by atoms with Crippen LogP contribution in [-0.4, -0.2) is 11.9 Å². The fourth-order valence-corrected chi connectivity index (χ4v) is 1.04. The molecule has 0 aliphatic carbocycles. The van der Waals surface area contributed by atoms with Gasteiger partial charge in [0.15, 0.2) is 5.96 Å². The van der Waals surface area contributed by atoms with Crippen molar-refractivity contribution in [3.05, 3.63) is 29.8 Å². The SMILES string of the molecule is NC(N)=NC(N)=Nc1cccc(C(F)(F)F)c1. The van der Waals surface area contributed by atoms with Gasteiger partial charge in [-0.1, -0.05) is 6.07 Å². The molecule has 1 aromatic rings. The molecule has 6 N–H and O–H groups in total. The molecule has 17 heavy (non-hydrogen) atoms. The van der Waals surface area contributed by atoms with Crippen molar-refractivity contribution >= 4 is 17.6 Å². The molecule has 1 aromatic carbocycles. The first-order valence-electron chi connectivity index (χ1n) is 4.40. The van der Waals surface area contributed by atoms with E-state index in [9.17, 15) is 13.2 Å². The van der Waals surface area contributed by atoms with Crippen LogP contribution in [0.25, 0.3) is 0 Å². The zero-order valence-corrected chi connectivity index (χ0v) is 8.57. The molecule has 92 valence electrons. The van der Waals surface area contributed by atoms with E-state index in [1.807, 2.05) is 0 Å². The predicted octanol–water partition coefficient (Wildman–Crippen LogP) is 0.925. The zero-order chi connectivity index (χ0) is 13.1. The van der Waals surface area contributed by atoms with Gasteiger partial charge in [-0.05, 0) is 18.2 Å². The lowest BCUT2D eigenvalue weighted by molar-refractivity contribution is -0.137. The third-order valence-electron chi connectivity index (χ3n) is 1.66. The summed E-state index contributed by atoms with van der Waals surface area (Å²) in [6, 6.07) is 4.33. The molecule has 0 heterocycles. The number of nitrogens with two attached hydrogens (primary N) is 3. The zero-order valence-electron chi connectivity index (χ0n) is 8.57. The number of halogens is 3. The van der Waals surface area contributed by atoms with Crippen LogP contribution in [0.5, 0.6) is 0 Å². The van der Waals surface area contributed by atoms with E-state index in [0.717, 1.165) is 12.1 Å². The third kappa shape index (κ3) is 4.01. The second kappa shape index (κ2) is 4.73. The molecular formula is C9H10F3N5. The molecule has 8 heteroatoms. The summed E-state index contributed by atoms with van der Waals surface area (Å²) in [4.78, 5) is 7.00. The molecule has 1 rings (SSSR count).